The first-order valence-electron chi connectivity index (χ1n) is 6.38. The van der Waals surface area contributed by atoms with Crippen LogP contribution in [-0.2, 0) is 4.79 Å². The molecule has 98 valence electrons. The maximum absolute atomic E-state index is 12.9. The lowest BCUT2D eigenvalue weighted by molar-refractivity contribution is -0.132. The van der Waals surface area contributed by atoms with Gasteiger partial charge in [-0.2, -0.15) is 0 Å². The number of hydrogen-bond acceptors (Lipinski definition) is 2. The number of rotatable bonds is 4. The Morgan fingerprint density at radius 2 is 2.11 bits per heavy atom. The standard InChI is InChI=1S/C14H18FNO2/c15-12-7-5-11(6-8-12)13-3-1-9-16(13)14(18)4-2-10-17/h5-8,13,17H,1-4,9-10H2. The fraction of sp³-hybridized carbons (Fsp3) is 0.500. The molecule has 0 aliphatic carbocycles. The summed E-state index contributed by atoms with van der Waals surface area (Å²) in [6, 6.07) is 6.43. The average molecular weight is 251 g/mol. The minimum Gasteiger partial charge on any atom is -0.396 e. The lowest BCUT2D eigenvalue weighted by atomic mass is 10.0. The highest BCUT2D eigenvalue weighted by Crippen LogP contribution is 2.32. The van der Waals surface area contributed by atoms with Crippen LogP contribution in [0.3, 0.4) is 0 Å². The number of hydrogen-bond donors (Lipinski definition) is 1. The van der Waals surface area contributed by atoms with Gasteiger partial charge < -0.3 is 10.0 Å². The van der Waals surface area contributed by atoms with Gasteiger partial charge in [-0.25, -0.2) is 4.39 Å². The normalized spacial score (nSPS) is 19.2. The first-order valence-corrected chi connectivity index (χ1v) is 6.38. The molecule has 1 unspecified atom stereocenters. The van der Waals surface area contributed by atoms with Crippen molar-refractivity contribution in [3.05, 3.63) is 35.6 Å². The summed E-state index contributed by atoms with van der Waals surface area (Å²) in [6.45, 7) is 0.799. The predicted molar refractivity (Wildman–Crippen MR) is 66.4 cm³/mol. The van der Waals surface area contributed by atoms with E-state index < -0.39 is 0 Å². The van der Waals surface area contributed by atoms with Crippen LogP contribution in [0.4, 0.5) is 4.39 Å². The van der Waals surface area contributed by atoms with E-state index in [1.54, 1.807) is 12.1 Å². The van der Waals surface area contributed by atoms with Crippen molar-refractivity contribution in [2.24, 2.45) is 0 Å². The third kappa shape index (κ3) is 2.88. The van der Waals surface area contributed by atoms with Crippen LogP contribution in [0.2, 0.25) is 0 Å². The minimum absolute atomic E-state index is 0.0425. The second-order valence-corrected chi connectivity index (χ2v) is 4.62. The van der Waals surface area contributed by atoms with Gasteiger partial charge in [0.1, 0.15) is 5.82 Å². The van der Waals surface area contributed by atoms with E-state index in [2.05, 4.69) is 0 Å². The zero-order chi connectivity index (χ0) is 13.0. The van der Waals surface area contributed by atoms with Crippen molar-refractivity contribution in [2.75, 3.05) is 13.2 Å². The number of halogens is 1. The summed E-state index contributed by atoms with van der Waals surface area (Å²) >= 11 is 0. The molecule has 0 bridgehead atoms. The van der Waals surface area contributed by atoms with Crippen molar-refractivity contribution < 1.29 is 14.3 Å². The average Bonchev–Trinajstić information content (AvgIpc) is 2.86. The molecular weight excluding hydrogens is 233 g/mol. The zero-order valence-electron chi connectivity index (χ0n) is 10.3. The van der Waals surface area contributed by atoms with Crippen LogP contribution in [-0.4, -0.2) is 29.1 Å². The zero-order valence-corrected chi connectivity index (χ0v) is 10.3. The highest BCUT2D eigenvalue weighted by Gasteiger charge is 2.29. The number of benzene rings is 1. The molecular formula is C14H18FNO2. The Morgan fingerprint density at radius 3 is 2.78 bits per heavy atom. The molecule has 2 rings (SSSR count). The third-order valence-electron chi connectivity index (χ3n) is 3.38. The van der Waals surface area contributed by atoms with E-state index in [0.717, 1.165) is 24.9 Å². The molecule has 1 saturated heterocycles. The van der Waals surface area contributed by atoms with Gasteiger partial charge in [-0.1, -0.05) is 12.1 Å². The Balaban J connectivity index is 2.07. The number of aliphatic hydroxyl groups excluding tert-OH is 1. The molecule has 1 amide bonds. The van der Waals surface area contributed by atoms with Crippen LogP contribution in [0.15, 0.2) is 24.3 Å². The quantitative estimate of drug-likeness (QED) is 0.891. The van der Waals surface area contributed by atoms with Crippen LogP contribution < -0.4 is 0 Å². The molecule has 1 heterocycles. The van der Waals surface area contributed by atoms with Crippen LogP contribution in [0, 0.1) is 5.82 Å². The molecule has 1 atom stereocenters. The Bertz CT molecular complexity index is 405. The molecule has 3 nitrogen and oxygen atoms in total. The molecule has 0 aromatic heterocycles. The van der Waals surface area contributed by atoms with Crippen LogP contribution >= 0.6 is 0 Å². The van der Waals surface area contributed by atoms with Crippen molar-refractivity contribution >= 4 is 5.91 Å². The van der Waals surface area contributed by atoms with Gasteiger partial charge in [-0.3, -0.25) is 4.79 Å². The lowest BCUT2D eigenvalue weighted by Gasteiger charge is -2.25. The molecule has 1 aromatic rings. The Hall–Kier alpha value is -1.42. The summed E-state index contributed by atoms with van der Waals surface area (Å²) in [6.07, 6.45) is 2.79. The van der Waals surface area contributed by atoms with Gasteiger partial charge in [-0.05, 0) is 37.0 Å². The van der Waals surface area contributed by atoms with E-state index in [4.69, 9.17) is 5.11 Å². The van der Waals surface area contributed by atoms with Gasteiger partial charge in [0.15, 0.2) is 0 Å². The van der Waals surface area contributed by atoms with Crippen molar-refractivity contribution in [3.8, 4) is 0 Å². The topological polar surface area (TPSA) is 40.5 Å². The van der Waals surface area contributed by atoms with Crippen molar-refractivity contribution in [1.29, 1.82) is 0 Å². The van der Waals surface area contributed by atoms with Gasteiger partial charge in [0, 0.05) is 19.6 Å². The Labute approximate surface area is 106 Å². The Morgan fingerprint density at radius 1 is 1.39 bits per heavy atom. The van der Waals surface area contributed by atoms with Crippen LogP contribution in [0.25, 0.3) is 0 Å². The molecule has 1 aliphatic rings. The predicted octanol–water partition coefficient (Wildman–Crippen LogP) is 2.26. The summed E-state index contributed by atoms with van der Waals surface area (Å²) in [4.78, 5) is 13.8. The van der Waals surface area contributed by atoms with Crippen molar-refractivity contribution in [1.82, 2.24) is 4.90 Å². The van der Waals surface area contributed by atoms with Gasteiger partial charge in [0.05, 0.1) is 6.04 Å². The highest BCUT2D eigenvalue weighted by atomic mass is 19.1. The fourth-order valence-corrected chi connectivity index (χ4v) is 2.47. The van der Waals surface area contributed by atoms with Crippen LogP contribution in [0.5, 0.6) is 0 Å². The molecule has 1 aliphatic heterocycles. The molecule has 0 saturated carbocycles. The lowest BCUT2D eigenvalue weighted by Crippen LogP contribution is -2.30. The van der Waals surface area contributed by atoms with Gasteiger partial charge in [0.25, 0.3) is 0 Å². The van der Waals surface area contributed by atoms with E-state index in [1.807, 2.05) is 4.90 Å². The minimum atomic E-state index is -0.255. The monoisotopic (exact) mass is 251 g/mol. The molecule has 4 heteroatoms. The molecule has 0 spiro atoms. The van der Waals surface area contributed by atoms with E-state index >= 15 is 0 Å². The molecule has 1 fully saturated rings. The second kappa shape index (κ2) is 5.96. The van der Waals surface area contributed by atoms with E-state index in [-0.39, 0.29) is 24.4 Å². The number of carbonyl (C=O) groups is 1. The first kappa shape index (κ1) is 13.0. The summed E-state index contributed by atoms with van der Waals surface area (Å²) in [7, 11) is 0. The smallest absolute Gasteiger partial charge is 0.223 e. The third-order valence-corrected chi connectivity index (χ3v) is 3.38. The number of carbonyl (C=O) groups excluding carboxylic acids is 1. The van der Waals surface area contributed by atoms with E-state index in [9.17, 15) is 9.18 Å². The van der Waals surface area contributed by atoms with Crippen molar-refractivity contribution in [2.45, 2.75) is 31.7 Å². The number of amides is 1. The number of nitrogens with zero attached hydrogens (tertiary/aromatic N) is 1. The van der Waals surface area contributed by atoms with E-state index in [0.29, 0.717) is 12.8 Å². The summed E-state index contributed by atoms with van der Waals surface area (Å²) in [5.41, 5.74) is 0.992. The highest BCUT2D eigenvalue weighted by molar-refractivity contribution is 5.77. The molecule has 1 N–H and O–H groups in total. The summed E-state index contributed by atoms with van der Waals surface area (Å²) < 4.78 is 12.9. The largest absolute Gasteiger partial charge is 0.396 e. The molecule has 1 aromatic carbocycles. The Kier molecular flexibility index (Phi) is 4.31. The maximum Gasteiger partial charge on any atom is 0.223 e. The summed E-state index contributed by atoms with van der Waals surface area (Å²) in [5.74, 6) is -0.175. The van der Waals surface area contributed by atoms with Gasteiger partial charge in [0.2, 0.25) is 5.91 Å². The van der Waals surface area contributed by atoms with Crippen molar-refractivity contribution in [3.63, 3.8) is 0 Å². The number of aliphatic hydroxyl groups is 1. The summed E-state index contributed by atoms with van der Waals surface area (Å²) in [5, 5.41) is 8.76. The SMILES string of the molecule is O=C(CCCO)N1CCCC1c1ccc(F)cc1. The number of likely N-dealkylation sites (tertiary alicyclic amines) is 1. The first-order chi connectivity index (χ1) is 8.72. The van der Waals surface area contributed by atoms with E-state index in [1.165, 1.54) is 12.1 Å². The second-order valence-electron chi connectivity index (χ2n) is 4.62. The van der Waals surface area contributed by atoms with Gasteiger partial charge in [-0.15, -0.1) is 0 Å². The fourth-order valence-electron chi connectivity index (χ4n) is 2.47. The molecule has 0 radical (unpaired) electrons. The van der Waals surface area contributed by atoms with Gasteiger partial charge >= 0.3 is 0 Å². The van der Waals surface area contributed by atoms with Crippen LogP contribution in [0.1, 0.15) is 37.3 Å². The molecule has 18 heavy (non-hydrogen) atoms. The maximum atomic E-state index is 12.9.